The zero-order valence-electron chi connectivity index (χ0n) is 23.8. The fourth-order valence-electron chi connectivity index (χ4n) is 5.16. The summed E-state index contributed by atoms with van der Waals surface area (Å²) < 4.78 is 6.78. The third-order valence-corrected chi connectivity index (χ3v) is 7.65. The predicted molar refractivity (Wildman–Crippen MR) is 171 cm³/mol. The van der Waals surface area contributed by atoms with E-state index in [0.29, 0.717) is 23.7 Å². The second-order valence-corrected chi connectivity index (χ2v) is 11.2. The molecular weight excluding hydrogens is 590 g/mol. The topological polar surface area (TPSA) is 62.7 Å². The second-order valence-electron chi connectivity index (χ2n) is 10.3. The Hall–Kier alpha value is -4.33. The molecule has 4 aromatic carbocycles. The maximum atomic E-state index is 14.4. The number of nitrogens with zero attached hydrogens (tertiary/aromatic N) is 3. The lowest BCUT2D eigenvalue weighted by atomic mass is 9.95. The number of fused-ring (bicyclic) bond motifs is 1. The highest BCUT2D eigenvalue weighted by Crippen LogP contribution is 2.39. The number of Topliss-reactive ketones (excluding diaryl/α,β-unsaturated/α-hetero) is 1. The number of likely N-dealkylation sites (N-methyl/N-ethyl adjacent to an activating group) is 1. The van der Waals surface area contributed by atoms with Crippen LogP contribution in [0.2, 0.25) is 0 Å². The number of methoxy groups -OCH3 is 1. The first-order valence-electron chi connectivity index (χ1n) is 13.7. The Morgan fingerprint density at radius 1 is 0.881 bits per heavy atom. The molecule has 42 heavy (non-hydrogen) atoms. The minimum absolute atomic E-state index is 0.0346. The average molecular weight is 623 g/mol. The summed E-state index contributed by atoms with van der Waals surface area (Å²) in [7, 11) is 3.54. The molecule has 0 aliphatic carbocycles. The number of pyridine rings is 1. The Kier molecular flexibility index (Phi) is 9.10. The molecule has 1 atom stereocenters. The van der Waals surface area contributed by atoms with Gasteiger partial charge in [0.05, 0.1) is 25.2 Å². The number of rotatable bonds is 10. The van der Waals surface area contributed by atoms with Gasteiger partial charge in [-0.25, -0.2) is 4.98 Å². The van der Waals surface area contributed by atoms with Gasteiger partial charge < -0.3 is 4.74 Å². The molecule has 0 fully saturated rings. The van der Waals surface area contributed by atoms with Crippen LogP contribution in [0.1, 0.15) is 40.0 Å². The number of halogens is 1. The molecule has 0 saturated carbocycles. The summed E-state index contributed by atoms with van der Waals surface area (Å²) in [5.74, 6) is 0.302. The largest absolute Gasteiger partial charge is 0.481 e. The Labute approximate surface area is 254 Å². The summed E-state index contributed by atoms with van der Waals surface area (Å²) in [5.41, 5.74) is 4.82. The number of amides is 1. The van der Waals surface area contributed by atoms with E-state index in [9.17, 15) is 9.59 Å². The summed E-state index contributed by atoms with van der Waals surface area (Å²) >= 11 is 3.58. The maximum absolute atomic E-state index is 14.4. The molecule has 5 rings (SSSR count). The van der Waals surface area contributed by atoms with Gasteiger partial charge in [0.25, 0.3) is 0 Å². The van der Waals surface area contributed by atoms with Crippen molar-refractivity contribution in [2.45, 2.75) is 19.5 Å². The van der Waals surface area contributed by atoms with Gasteiger partial charge in [0.1, 0.15) is 0 Å². The monoisotopic (exact) mass is 621 g/mol. The third-order valence-electron chi connectivity index (χ3n) is 7.15. The highest BCUT2D eigenvalue weighted by molar-refractivity contribution is 9.10. The fourth-order valence-corrected chi connectivity index (χ4v) is 5.54. The lowest BCUT2D eigenvalue weighted by Gasteiger charge is -2.34. The molecule has 6 nitrogen and oxygen atoms in total. The Balaban J connectivity index is 1.66. The van der Waals surface area contributed by atoms with Crippen LogP contribution in [0.4, 0.5) is 5.69 Å². The maximum Gasteiger partial charge on any atom is 0.242 e. The van der Waals surface area contributed by atoms with Crippen LogP contribution >= 0.6 is 15.9 Å². The molecule has 1 aromatic heterocycles. The Bertz CT molecular complexity index is 1690. The SMILES string of the molecule is COc1nc2ccc(Br)cc2cc1C(c1ccccc1)N(C(=O)CN(C)Cc1ccccc1)c1ccc(C(C)=O)cc1. The minimum atomic E-state index is -0.558. The molecule has 1 amide bonds. The van der Waals surface area contributed by atoms with E-state index in [2.05, 4.69) is 28.1 Å². The molecule has 0 spiro atoms. The number of carbonyl (C=O) groups is 2. The first-order valence-corrected chi connectivity index (χ1v) is 14.5. The van der Waals surface area contributed by atoms with Crippen LogP contribution in [-0.4, -0.2) is 42.3 Å². The van der Waals surface area contributed by atoms with Crippen molar-refractivity contribution in [1.82, 2.24) is 9.88 Å². The second kappa shape index (κ2) is 13.1. The van der Waals surface area contributed by atoms with Crippen molar-refractivity contribution in [3.63, 3.8) is 0 Å². The summed E-state index contributed by atoms with van der Waals surface area (Å²) in [6.45, 7) is 2.32. The smallest absolute Gasteiger partial charge is 0.242 e. The van der Waals surface area contributed by atoms with Crippen LogP contribution in [0.25, 0.3) is 10.9 Å². The molecule has 7 heteroatoms. The summed E-state index contributed by atoms with van der Waals surface area (Å²) in [5, 5.41) is 0.918. The number of benzene rings is 4. The van der Waals surface area contributed by atoms with Crippen molar-refractivity contribution in [2.75, 3.05) is 25.6 Å². The van der Waals surface area contributed by atoms with Crippen LogP contribution in [0.3, 0.4) is 0 Å². The first-order chi connectivity index (χ1) is 20.3. The quantitative estimate of drug-likeness (QED) is 0.151. The molecule has 0 aliphatic rings. The van der Waals surface area contributed by atoms with Gasteiger partial charge in [-0.1, -0.05) is 76.6 Å². The highest BCUT2D eigenvalue weighted by atomic mass is 79.9. The molecule has 0 N–H and O–H groups in total. The van der Waals surface area contributed by atoms with Gasteiger partial charge >= 0.3 is 0 Å². The van der Waals surface area contributed by atoms with Gasteiger partial charge in [-0.3, -0.25) is 19.4 Å². The van der Waals surface area contributed by atoms with E-state index < -0.39 is 6.04 Å². The fraction of sp³-hybridized carbons (Fsp3) is 0.171. The van der Waals surface area contributed by atoms with Gasteiger partial charge in [-0.15, -0.1) is 0 Å². The van der Waals surface area contributed by atoms with Crippen molar-refractivity contribution in [2.24, 2.45) is 0 Å². The predicted octanol–water partition coefficient (Wildman–Crippen LogP) is 7.46. The van der Waals surface area contributed by atoms with E-state index in [0.717, 1.165) is 32.1 Å². The molecule has 1 unspecified atom stereocenters. The number of carbonyl (C=O) groups excluding carboxylic acids is 2. The zero-order chi connectivity index (χ0) is 29.6. The van der Waals surface area contributed by atoms with E-state index in [1.54, 1.807) is 24.1 Å². The van der Waals surface area contributed by atoms with Crippen LogP contribution in [0.15, 0.2) is 114 Å². The summed E-state index contributed by atoms with van der Waals surface area (Å²) in [4.78, 5) is 35.1. The molecular formula is C35H32BrN3O3. The summed E-state index contributed by atoms with van der Waals surface area (Å²) in [6, 6.07) is 34.5. The molecule has 0 radical (unpaired) electrons. The average Bonchev–Trinajstić information content (AvgIpc) is 3.00. The Morgan fingerprint density at radius 2 is 1.55 bits per heavy atom. The van der Waals surface area contributed by atoms with Gasteiger partial charge in [-0.05, 0) is 73.6 Å². The van der Waals surface area contributed by atoms with Gasteiger partial charge in [0, 0.05) is 33.2 Å². The number of hydrogen-bond acceptors (Lipinski definition) is 5. The molecule has 0 saturated heterocycles. The lowest BCUT2D eigenvalue weighted by Crippen LogP contribution is -2.42. The highest BCUT2D eigenvalue weighted by Gasteiger charge is 2.32. The first kappa shape index (κ1) is 29.2. The van der Waals surface area contributed by atoms with Crippen LogP contribution in [0, 0.1) is 0 Å². The summed E-state index contributed by atoms with van der Waals surface area (Å²) in [6.07, 6.45) is 0. The molecule has 0 aliphatic heterocycles. The molecule has 5 aromatic rings. The minimum Gasteiger partial charge on any atom is -0.481 e. The molecule has 0 bridgehead atoms. The van der Waals surface area contributed by atoms with Crippen molar-refractivity contribution in [3.05, 3.63) is 136 Å². The standard InChI is InChI=1S/C35H32BrN3O3/c1-24(40)26-14-17-30(18-15-26)39(33(41)23-38(2)22-25-10-6-4-7-11-25)34(27-12-8-5-9-13-27)31-21-28-20-29(36)16-19-32(28)37-35(31)42-3/h4-21,34H,22-23H2,1-3H3. The van der Waals surface area contributed by atoms with Crippen molar-refractivity contribution in [3.8, 4) is 5.88 Å². The van der Waals surface area contributed by atoms with E-state index >= 15 is 0 Å². The van der Waals surface area contributed by atoms with Crippen molar-refractivity contribution < 1.29 is 14.3 Å². The lowest BCUT2D eigenvalue weighted by molar-refractivity contribution is -0.120. The van der Waals surface area contributed by atoms with E-state index in [1.807, 2.05) is 96.9 Å². The van der Waals surface area contributed by atoms with E-state index in [4.69, 9.17) is 9.72 Å². The number of hydrogen-bond donors (Lipinski definition) is 0. The van der Waals surface area contributed by atoms with Crippen LogP contribution in [0.5, 0.6) is 5.88 Å². The van der Waals surface area contributed by atoms with E-state index in [-0.39, 0.29) is 18.2 Å². The number of aromatic nitrogens is 1. The normalized spacial score (nSPS) is 11.8. The number of anilines is 1. The third kappa shape index (κ3) is 6.59. The van der Waals surface area contributed by atoms with Crippen molar-refractivity contribution >= 4 is 44.2 Å². The number of ketones is 1. The zero-order valence-corrected chi connectivity index (χ0v) is 25.4. The van der Waals surface area contributed by atoms with Crippen molar-refractivity contribution in [1.29, 1.82) is 0 Å². The van der Waals surface area contributed by atoms with Crippen LogP contribution < -0.4 is 9.64 Å². The molecule has 1 heterocycles. The van der Waals surface area contributed by atoms with Crippen LogP contribution in [-0.2, 0) is 11.3 Å². The van der Waals surface area contributed by atoms with E-state index in [1.165, 1.54) is 6.92 Å². The Morgan fingerprint density at radius 3 is 2.19 bits per heavy atom. The van der Waals surface area contributed by atoms with Gasteiger partial charge in [-0.2, -0.15) is 0 Å². The molecule has 212 valence electrons. The number of ether oxygens (including phenoxy) is 1. The van der Waals surface area contributed by atoms with Gasteiger partial charge in [0.2, 0.25) is 11.8 Å². The van der Waals surface area contributed by atoms with Gasteiger partial charge in [0.15, 0.2) is 5.78 Å².